The molecule has 0 unspecified atom stereocenters. The fraction of sp³-hybridized carbons (Fsp3) is 0.294. The Kier molecular flexibility index (Phi) is 3.95. The topological polar surface area (TPSA) is 46.8 Å². The van der Waals surface area contributed by atoms with Gasteiger partial charge in [-0.3, -0.25) is 14.1 Å². The number of thiazole rings is 1. The average molecular weight is 327 g/mol. The van der Waals surface area contributed by atoms with Gasteiger partial charge in [-0.15, -0.1) is 11.3 Å². The Hall–Kier alpha value is -2.02. The predicted octanol–water partition coefficient (Wildman–Crippen LogP) is 2.33. The van der Waals surface area contributed by atoms with Gasteiger partial charge in [-0.2, -0.15) is 0 Å². The molecule has 0 aliphatic carbocycles. The third-order valence-electron chi connectivity index (χ3n) is 4.06. The van der Waals surface area contributed by atoms with Gasteiger partial charge in [0, 0.05) is 37.3 Å². The number of aromatic nitrogens is 2. The van der Waals surface area contributed by atoms with Crippen molar-refractivity contribution < 1.29 is 4.74 Å². The lowest BCUT2D eigenvalue weighted by Gasteiger charge is -2.32. The molecule has 3 heterocycles. The first kappa shape index (κ1) is 14.6. The Morgan fingerprint density at radius 3 is 3.04 bits per heavy atom. The van der Waals surface area contributed by atoms with E-state index in [0.29, 0.717) is 13.2 Å². The molecule has 1 fully saturated rings. The highest BCUT2D eigenvalue weighted by Crippen LogP contribution is 2.22. The van der Waals surface area contributed by atoms with Crippen molar-refractivity contribution in [3.8, 4) is 0 Å². The second kappa shape index (κ2) is 6.23. The first-order valence-corrected chi connectivity index (χ1v) is 8.52. The standard InChI is InChI=1S/C17H17N3O2S/c21-16-10-14(18-17-20(16)7-9-23-17)11-19-6-8-22-15(12-19)13-4-2-1-3-5-13/h1-5,7,9-10,15H,6,8,11-12H2/t15-/m0/s1. The van der Waals surface area contributed by atoms with Crippen molar-refractivity contribution >= 4 is 16.3 Å². The van der Waals surface area contributed by atoms with Crippen LogP contribution in [0.3, 0.4) is 0 Å². The van der Waals surface area contributed by atoms with Crippen molar-refractivity contribution in [2.24, 2.45) is 0 Å². The lowest BCUT2D eigenvalue weighted by atomic mass is 10.1. The van der Waals surface area contributed by atoms with Gasteiger partial charge in [0.1, 0.15) is 0 Å². The Morgan fingerprint density at radius 2 is 2.17 bits per heavy atom. The summed E-state index contributed by atoms with van der Waals surface area (Å²) in [6, 6.07) is 11.9. The van der Waals surface area contributed by atoms with Crippen molar-refractivity contribution in [2.45, 2.75) is 12.6 Å². The van der Waals surface area contributed by atoms with E-state index in [2.05, 4.69) is 22.0 Å². The normalized spacial score (nSPS) is 19.2. The molecular weight excluding hydrogens is 310 g/mol. The number of hydrogen-bond acceptors (Lipinski definition) is 5. The van der Waals surface area contributed by atoms with E-state index in [1.165, 1.54) is 16.9 Å². The van der Waals surface area contributed by atoms with E-state index in [9.17, 15) is 4.79 Å². The van der Waals surface area contributed by atoms with E-state index >= 15 is 0 Å². The molecule has 1 aliphatic heterocycles. The Labute approximate surface area is 137 Å². The Bertz CT molecular complexity index is 859. The molecule has 1 aromatic carbocycles. The summed E-state index contributed by atoms with van der Waals surface area (Å²) >= 11 is 1.48. The third-order valence-corrected chi connectivity index (χ3v) is 4.82. The third kappa shape index (κ3) is 3.06. The van der Waals surface area contributed by atoms with Crippen molar-refractivity contribution in [1.82, 2.24) is 14.3 Å². The monoisotopic (exact) mass is 327 g/mol. The quantitative estimate of drug-likeness (QED) is 0.741. The molecule has 1 atom stereocenters. The summed E-state index contributed by atoms with van der Waals surface area (Å²) in [6.07, 6.45) is 1.84. The van der Waals surface area contributed by atoms with E-state index in [0.717, 1.165) is 23.7 Å². The van der Waals surface area contributed by atoms with E-state index in [1.54, 1.807) is 16.7 Å². The van der Waals surface area contributed by atoms with Crippen LogP contribution in [0.1, 0.15) is 17.4 Å². The van der Waals surface area contributed by atoms with Gasteiger partial charge in [0.15, 0.2) is 4.96 Å². The fourth-order valence-electron chi connectivity index (χ4n) is 2.91. The Morgan fingerprint density at radius 1 is 1.30 bits per heavy atom. The lowest BCUT2D eigenvalue weighted by Crippen LogP contribution is -2.38. The van der Waals surface area contributed by atoms with Crippen LogP contribution in [0.5, 0.6) is 0 Å². The van der Waals surface area contributed by atoms with Gasteiger partial charge in [0.25, 0.3) is 5.56 Å². The summed E-state index contributed by atoms with van der Waals surface area (Å²) in [6.45, 7) is 3.04. The Balaban J connectivity index is 1.52. The summed E-state index contributed by atoms with van der Waals surface area (Å²) in [4.78, 5) is 19.7. The number of fused-ring (bicyclic) bond motifs is 1. The van der Waals surface area contributed by atoms with Crippen molar-refractivity contribution in [3.63, 3.8) is 0 Å². The van der Waals surface area contributed by atoms with Crippen LogP contribution in [0.25, 0.3) is 4.96 Å². The second-order valence-corrected chi connectivity index (χ2v) is 6.52. The van der Waals surface area contributed by atoms with Crippen LogP contribution in [-0.2, 0) is 11.3 Å². The number of hydrogen-bond donors (Lipinski definition) is 0. The SMILES string of the molecule is O=c1cc(CN2CCO[C@H](c3ccccc3)C2)nc2sccn12. The number of nitrogens with zero attached hydrogens (tertiary/aromatic N) is 3. The number of morpholine rings is 1. The summed E-state index contributed by atoms with van der Waals surface area (Å²) < 4.78 is 7.47. The van der Waals surface area contributed by atoms with Gasteiger partial charge in [-0.1, -0.05) is 30.3 Å². The van der Waals surface area contributed by atoms with Crippen LogP contribution in [0, 0.1) is 0 Å². The molecule has 0 saturated carbocycles. The van der Waals surface area contributed by atoms with E-state index in [-0.39, 0.29) is 11.7 Å². The molecule has 0 spiro atoms. The predicted molar refractivity (Wildman–Crippen MR) is 89.8 cm³/mol. The molecule has 3 aromatic rings. The highest BCUT2D eigenvalue weighted by molar-refractivity contribution is 7.15. The van der Waals surface area contributed by atoms with Crippen molar-refractivity contribution in [1.29, 1.82) is 0 Å². The number of ether oxygens (including phenoxy) is 1. The maximum Gasteiger partial charge on any atom is 0.258 e. The molecule has 1 saturated heterocycles. The lowest BCUT2D eigenvalue weighted by molar-refractivity contribution is -0.0332. The zero-order valence-electron chi connectivity index (χ0n) is 12.6. The average Bonchev–Trinajstić information content (AvgIpc) is 3.05. The number of benzene rings is 1. The van der Waals surface area contributed by atoms with Crippen LogP contribution in [0.2, 0.25) is 0 Å². The van der Waals surface area contributed by atoms with Crippen molar-refractivity contribution in [2.75, 3.05) is 19.7 Å². The van der Waals surface area contributed by atoms with E-state index in [4.69, 9.17) is 4.74 Å². The summed E-state index contributed by atoms with van der Waals surface area (Å²) in [5.41, 5.74) is 2.00. The first-order chi connectivity index (χ1) is 11.3. The highest BCUT2D eigenvalue weighted by atomic mass is 32.1. The van der Waals surface area contributed by atoms with Crippen LogP contribution in [0.4, 0.5) is 0 Å². The van der Waals surface area contributed by atoms with Gasteiger partial charge in [-0.05, 0) is 5.56 Å². The van der Waals surface area contributed by atoms with E-state index < -0.39 is 0 Å². The van der Waals surface area contributed by atoms with Crippen LogP contribution in [0.15, 0.2) is 52.8 Å². The van der Waals surface area contributed by atoms with Gasteiger partial charge in [0.05, 0.1) is 18.4 Å². The van der Waals surface area contributed by atoms with Crippen LogP contribution >= 0.6 is 11.3 Å². The van der Waals surface area contributed by atoms with Crippen molar-refractivity contribution in [3.05, 3.63) is 69.6 Å². The molecule has 2 aromatic heterocycles. The van der Waals surface area contributed by atoms with Gasteiger partial charge < -0.3 is 4.74 Å². The fourth-order valence-corrected chi connectivity index (χ4v) is 3.65. The summed E-state index contributed by atoms with van der Waals surface area (Å²) in [5.74, 6) is 0. The highest BCUT2D eigenvalue weighted by Gasteiger charge is 2.22. The minimum atomic E-state index is -0.0147. The second-order valence-electron chi connectivity index (χ2n) is 5.65. The maximum atomic E-state index is 12.1. The molecule has 0 radical (unpaired) electrons. The zero-order valence-corrected chi connectivity index (χ0v) is 13.4. The molecule has 0 N–H and O–H groups in total. The minimum absolute atomic E-state index is 0.0147. The van der Waals surface area contributed by atoms with Gasteiger partial charge in [-0.25, -0.2) is 4.98 Å². The summed E-state index contributed by atoms with van der Waals surface area (Å²) in [7, 11) is 0. The van der Waals surface area contributed by atoms with Crippen LogP contribution < -0.4 is 5.56 Å². The molecule has 23 heavy (non-hydrogen) atoms. The van der Waals surface area contributed by atoms with E-state index in [1.807, 2.05) is 23.6 Å². The van der Waals surface area contributed by atoms with Crippen LogP contribution in [-0.4, -0.2) is 34.0 Å². The van der Waals surface area contributed by atoms with Gasteiger partial charge >= 0.3 is 0 Å². The van der Waals surface area contributed by atoms with Gasteiger partial charge in [0.2, 0.25) is 0 Å². The molecule has 6 heteroatoms. The molecule has 1 aliphatic rings. The maximum absolute atomic E-state index is 12.1. The largest absolute Gasteiger partial charge is 0.371 e. The number of rotatable bonds is 3. The summed E-state index contributed by atoms with van der Waals surface area (Å²) in [5, 5.41) is 1.88. The molecule has 0 amide bonds. The smallest absolute Gasteiger partial charge is 0.258 e. The molecule has 5 nitrogen and oxygen atoms in total. The minimum Gasteiger partial charge on any atom is -0.371 e. The zero-order chi connectivity index (χ0) is 15.6. The first-order valence-electron chi connectivity index (χ1n) is 7.64. The molecule has 118 valence electrons. The molecule has 0 bridgehead atoms. The molecule has 4 rings (SSSR count). The molecular formula is C17H17N3O2S.